The maximum Gasteiger partial charge on any atom is 0.306 e. The quantitative estimate of drug-likeness (QED) is 0.0344. The molecule has 0 aliphatic rings. The summed E-state index contributed by atoms with van der Waals surface area (Å²) in [5.74, 6) is 0.843. The molecule has 2 atom stereocenters. The molecule has 0 bridgehead atoms. The van der Waals surface area contributed by atoms with E-state index in [1.54, 1.807) is 0 Å². The summed E-state index contributed by atoms with van der Waals surface area (Å²) in [5, 5.41) is 0. The van der Waals surface area contributed by atoms with Crippen LogP contribution in [0.1, 0.15) is 311 Å². The number of carbonyl (C=O) groups excluding carboxylic acids is 3. The van der Waals surface area contributed by atoms with Gasteiger partial charge >= 0.3 is 17.9 Å². The second-order valence-electron chi connectivity index (χ2n) is 19.9. The Labute approximate surface area is 387 Å². The van der Waals surface area contributed by atoms with Crippen LogP contribution in [0.4, 0.5) is 0 Å². The van der Waals surface area contributed by atoms with Gasteiger partial charge in [-0.3, -0.25) is 14.4 Å². The van der Waals surface area contributed by atoms with E-state index in [2.05, 4.69) is 34.6 Å². The van der Waals surface area contributed by atoms with E-state index in [-0.39, 0.29) is 31.1 Å². The minimum absolute atomic E-state index is 0.0637. The lowest BCUT2D eigenvalue weighted by Crippen LogP contribution is -2.30. The van der Waals surface area contributed by atoms with Gasteiger partial charge in [0, 0.05) is 19.3 Å². The molecule has 0 N–H and O–H groups in total. The summed E-state index contributed by atoms with van der Waals surface area (Å²) < 4.78 is 16.8. The molecule has 0 aromatic carbocycles. The Bertz CT molecular complexity index is 949. The Morgan fingerprint density at radius 3 is 0.919 bits per heavy atom. The van der Waals surface area contributed by atoms with Crippen molar-refractivity contribution in [1.29, 1.82) is 0 Å². The van der Waals surface area contributed by atoms with Crippen molar-refractivity contribution in [1.82, 2.24) is 0 Å². The van der Waals surface area contributed by atoms with Crippen molar-refractivity contribution in [3.05, 3.63) is 0 Å². The number of esters is 3. The first kappa shape index (κ1) is 60.4. The van der Waals surface area contributed by atoms with Crippen LogP contribution in [-0.4, -0.2) is 37.2 Å². The molecule has 0 radical (unpaired) electrons. The monoisotopic (exact) mass is 877 g/mol. The van der Waals surface area contributed by atoms with Crippen LogP contribution in [0.2, 0.25) is 0 Å². The van der Waals surface area contributed by atoms with E-state index in [0.29, 0.717) is 19.3 Å². The molecule has 6 heteroatoms. The van der Waals surface area contributed by atoms with E-state index in [9.17, 15) is 14.4 Å². The molecule has 368 valence electrons. The van der Waals surface area contributed by atoms with E-state index in [4.69, 9.17) is 14.2 Å². The summed E-state index contributed by atoms with van der Waals surface area (Å²) >= 11 is 0. The number of hydrogen-bond acceptors (Lipinski definition) is 6. The Morgan fingerprint density at radius 2 is 0.613 bits per heavy atom. The van der Waals surface area contributed by atoms with Gasteiger partial charge in [-0.2, -0.15) is 0 Å². The van der Waals surface area contributed by atoms with Crippen LogP contribution in [0, 0.1) is 11.8 Å². The minimum atomic E-state index is -0.762. The van der Waals surface area contributed by atoms with Crippen LogP contribution in [0.15, 0.2) is 0 Å². The molecule has 0 rings (SSSR count). The molecule has 0 saturated carbocycles. The molecule has 0 saturated heterocycles. The number of rotatable bonds is 50. The van der Waals surface area contributed by atoms with Gasteiger partial charge in [-0.25, -0.2) is 0 Å². The summed E-state index contributed by atoms with van der Waals surface area (Å²) in [5.41, 5.74) is 0. The van der Waals surface area contributed by atoms with Crippen LogP contribution in [0.5, 0.6) is 0 Å². The molecule has 0 amide bonds. The Hall–Kier alpha value is -1.59. The van der Waals surface area contributed by atoms with Gasteiger partial charge in [0.05, 0.1) is 0 Å². The fraction of sp³-hybridized carbons (Fsp3) is 0.946. The highest BCUT2D eigenvalue weighted by atomic mass is 16.6. The standard InChI is InChI=1S/C56H108O6/c1-6-8-9-10-11-12-13-23-26-31-36-41-46-54(57)60-49-53(50-61-55(58)47-42-37-33-28-29-34-39-44-51(3)4)62-56(59)48-43-38-32-27-24-21-19-17-15-14-16-18-20-22-25-30-35-40-45-52(5)7-2/h51-53H,6-50H2,1-5H3/t52?,53-/m1/s1. The van der Waals surface area contributed by atoms with Crippen LogP contribution >= 0.6 is 0 Å². The molecule has 0 aromatic heterocycles. The Kier molecular flexibility index (Phi) is 47.6. The van der Waals surface area contributed by atoms with E-state index in [1.165, 1.54) is 199 Å². The van der Waals surface area contributed by atoms with Crippen molar-refractivity contribution in [3.63, 3.8) is 0 Å². The molecule has 0 spiro atoms. The first-order chi connectivity index (χ1) is 30.3. The lowest BCUT2D eigenvalue weighted by molar-refractivity contribution is -0.167. The van der Waals surface area contributed by atoms with E-state index in [1.807, 2.05) is 0 Å². The summed E-state index contributed by atoms with van der Waals surface area (Å²) in [4.78, 5) is 38.0. The molecule has 1 unspecified atom stereocenters. The second kappa shape index (κ2) is 48.9. The molecule has 0 aliphatic carbocycles. The van der Waals surface area contributed by atoms with Gasteiger partial charge in [0.1, 0.15) is 13.2 Å². The third-order valence-corrected chi connectivity index (χ3v) is 13.1. The topological polar surface area (TPSA) is 78.9 Å². The SMILES string of the molecule is CCCCCCCCCCCCCCC(=O)OC[C@H](COC(=O)CCCCCCCCCC(C)C)OC(=O)CCCCCCCCCCCCCCCCCCCCC(C)CC. The zero-order valence-corrected chi connectivity index (χ0v) is 42.5. The maximum absolute atomic E-state index is 12.8. The van der Waals surface area contributed by atoms with Gasteiger partial charge in [-0.15, -0.1) is 0 Å². The van der Waals surface area contributed by atoms with Gasteiger partial charge in [-0.1, -0.05) is 272 Å². The predicted octanol–water partition coefficient (Wildman–Crippen LogP) is 18.1. The van der Waals surface area contributed by atoms with E-state index < -0.39 is 6.10 Å². The summed E-state index contributed by atoms with van der Waals surface area (Å²) in [6, 6.07) is 0. The molecular formula is C56H108O6. The lowest BCUT2D eigenvalue weighted by Gasteiger charge is -2.18. The van der Waals surface area contributed by atoms with E-state index in [0.717, 1.165) is 69.6 Å². The summed E-state index contributed by atoms with van der Waals surface area (Å²) in [6.45, 7) is 11.4. The number of ether oxygens (including phenoxy) is 3. The third kappa shape index (κ3) is 47.9. The van der Waals surface area contributed by atoms with Crippen molar-refractivity contribution < 1.29 is 28.6 Å². The number of hydrogen-bond donors (Lipinski definition) is 0. The smallest absolute Gasteiger partial charge is 0.306 e. The summed E-state index contributed by atoms with van der Waals surface area (Å²) in [6.07, 6.45) is 51.0. The summed E-state index contributed by atoms with van der Waals surface area (Å²) in [7, 11) is 0. The van der Waals surface area contributed by atoms with Crippen LogP contribution in [0.3, 0.4) is 0 Å². The van der Waals surface area contributed by atoms with Crippen molar-refractivity contribution in [2.24, 2.45) is 11.8 Å². The van der Waals surface area contributed by atoms with E-state index >= 15 is 0 Å². The van der Waals surface area contributed by atoms with Gasteiger partial charge in [-0.05, 0) is 31.1 Å². The van der Waals surface area contributed by atoms with Crippen molar-refractivity contribution >= 4 is 17.9 Å². The van der Waals surface area contributed by atoms with Crippen LogP contribution in [-0.2, 0) is 28.6 Å². The van der Waals surface area contributed by atoms with Crippen LogP contribution < -0.4 is 0 Å². The minimum Gasteiger partial charge on any atom is -0.462 e. The lowest BCUT2D eigenvalue weighted by atomic mass is 9.99. The molecule has 0 heterocycles. The van der Waals surface area contributed by atoms with Crippen LogP contribution in [0.25, 0.3) is 0 Å². The third-order valence-electron chi connectivity index (χ3n) is 13.1. The zero-order chi connectivity index (χ0) is 45.4. The first-order valence-electron chi connectivity index (χ1n) is 27.8. The highest BCUT2D eigenvalue weighted by Gasteiger charge is 2.19. The fourth-order valence-corrected chi connectivity index (χ4v) is 8.49. The highest BCUT2D eigenvalue weighted by Crippen LogP contribution is 2.18. The Balaban J connectivity index is 4.20. The van der Waals surface area contributed by atoms with Crippen molar-refractivity contribution in [2.45, 2.75) is 317 Å². The maximum atomic E-state index is 12.8. The first-order valence-corrected chi connectivity index (χ1v) is 27.8. The average molecular weight is 877 g/mol. The molecular weight excluding hydrogens is 769 g/mol. The van der Waals surface area contributed by atoms with Gasteiger partial charge in [0.2, 0.25) is 0 Å². The predicted molar refractivity (Wildman–Crippen MR) is 266 cm³/mol. The molecule has 6 nitrogen and oxygen atoms in total. The normalized spacial score (nSPS) is 12.5. The van der Waals surface area contributed by atoms with Crippen molar-refractivity contribution in [3.8, 4) is 0 Å². The average Bonchev–Trinajstić information content (AvgIpc) is 3.26. The van der Waals surface area contributed by atoms with Crippen molar-refractivity contribution in [2.75, 3.05) is 13.2 Å². The highest BCUT2D eigenvalue weighted by molar-refractivity contribution is 5.71. The number of unbranched alkanes of at least 4 members (excludes halogenated alkanes) is 34. The molecule has 62 heavy (non-hydrogen) atoms. The molecule has 0 aliphatic heterocycles. The zero-order valence-electron chi connectivity index (χ0n) is 42.5. The van der Waals surface area contributed by atoms with Gasteiger partial charge in [0.25, 0.3) is 0 Å². The van der Waals surface area contributed by atoms with Gasteiger partial charge < -0.3 is 14.2 Å². The largest absolute Gasteiger partial charge is 0.462 e. The molecule has 0 fully saturated rings. The molecule has 0 aromatic rings. The van der Waals surface area contributed by atoms with Gasteiger partial charge in [0.15, 0.2) is 6.10 Å². The number of carbonyl (C=O) groups is 3. The fourth-order valence-electron chi connectivity index (χ4n) is 8.49. The Morgan fingerprint density at radius 1 is 0.339 bits per heavy atom. The second-order valence-corrected chi connectivity index (χ2v) is 19.9.